The lowest BCUT2D eigenvalue weighted by molar-refractivity contribution is -0.123. The smallest absolute Gasteiger partial charge is 0.253 e. The van der Waals surface area contributed by atoms with Crippen LogP contribution in [0, 0.1) is 6.92 Å². The van der Waals surface area contributed by atoms with E-state index in [0.29, 0.717) is 25.6 Å². The fraction of sp³-hybridized carbons (Fsp3) is 0.571. The highest BCUT2D eigenvalue weighted by atomic mass is 16.5. The molecule has 2 heterocycles. The van der Waals surface area contributed by atoms with Gasteiger partial charge in [0.25, 0.3) is 5.91 Å². The van der Waals surface area contributed by atoms with Gasteiger partial charge in [0.2, 0.25) is 5.88 Å². The molecule has 104 valence electrons. The van der Waals surface area contributed by atoms with Crippen LogP contribution < -0.4 is 9.64 Å². The number of anilines is 1. The van der Waals surface area contributed by atoms with Crippen LogP contribution in [0.3, 0.4) is 0 Å². The van der Waals surface area contributed by atoms with E-state index in [1.807, 2.05) is 13.0 Å². The van der Waals surface area contributed by atoms with Gasteiger partial charge in [0, 0.05) is 12.8 Å². The van der Waals surface area contributed by atoms with Crippen molar-refractivity contribution >= 4 is 11.6 Å². The van der Waals surface area contributed by atoms with Crippen LogP contribution in [0.1, 0.15) is 25.3 Å². The zero-order chi connectivity index (χ0) is 13.7. The Kier molecular flexibility index (Phi) is 4.74. The largest absolute Gasteiger partial charge is 0.474 e. The number of unbranched alkanes of at least 4 members (excludes halogenated alkanes) is 1. The first-order chi connectivity index (χ1) is 9.22. The van der Waals surface area contributed by atoms with Gasteiger partial charge in [0.1, 0.15) is 18.9 Å². The van der Waals surface area contributed by atoms with Crippen LogP contribution in [0.4, 0.5) is 5.69 Å². The molecule has 1 aromatic heterocycles. The number of aromatic nitrogens is 1. The topological polar surface area (TPSA) is 51.7 Å². The molecule has 0 spiro atoms. The van der Waals surface area contributed by atoms with Crippen LogP contribution in [0.25, 0.3) is 0 Å². The standard InChI is InChI=1S/C14H20N2O3/c1-3-4-6-18-10-13(17)16-5-7-19-14-12(16)8-11(2)9-15-14/h8-9H,3-7,10H2,1-2H3. The van der Waals surface area contributed by atoms with E-state index in [9.17, 15) is 4.79 Å². The van der Waals surface area contributed by atoms with Gasteiger partial charge < -0.3 is 14.4 Å². The molecule has 0 saturated carbocycles. The zero-order valence-corrected chi connectivity index (χ0v) is 11.5. The second kappa shape index (κ2) is 6.52. The quantitative estimate of drug-likeness (QED) is 0.763. The van der Waals surface area contributed by atoms with Crippen LogP contribution in [-0.4, -0.2) is 37.3 Å². The highest BCUT2D eigenvalue weighted by molar-refractivity contribution is 5.95. The first-order valence-electron chi connectivity index (χ1n) is 6.70. The predicted octanol–water partition coefficient (Wildman–Crippen LogP) is 1.93. The molecule has 5 nitrogen and oxygen atoms in total. The number of aryl methyl sites for hydroxylation is 1. The molecule has 1 aromatic rings. The molecule has 0 unspecified atom stereocenters. The molecule has 0 atom stereocenters. The Labute approximate surface area is 113 Å². The Morgan fingerprint density at radius 1 is 1.58 bits per heavy atom. The van der Waals surface area contributed by atoms with Crippen molar-refractivity contribution in [3.63, 3.8) is 0 Å². The van der Waals surface area contributed by atoms with Gasteiger partial charge in [-0.05, 0) is 25.0 Å². The van der Waals surface area contributed by atoms with Crippen molar-refractivity contribution in [1.82, 2.24) is 4.98 Å². The molecule has 1 aliphatic heterocycles. The molecule has 0 radical (unpaired) electrons. The summed E-state index contributed by atoms with van der Waals surface area (Å²) < 4.78 is 10.8. The first-order valence-corrected chi connectivity index (χ1v) is 6.70. The van der Waals surface area contributed by atoms with E-state index in [2.05, 4.69) is 11.9 Å². The first kappa shape index (κ1) is 13.8. The lowest BCUT2D eigenvalue weighted by atomic mass is 10.2. The van der Waals surface area contributed by atoms with Gasteiger partial charge in [0.05, 0.1) is 6.54 Å². The number of nitrogens with zero attached hydrogens (tertiary/aromatic N) is 2. The summed E-state index contributed by atoms with van der Waals surface area (Å²) in [6.07, 6.45) is 3.79. The number of hydrogen-bond acceptors (Lipinski definition) is 4. The average molecular weight is 264 g/mol. The molecule has 0 aliphatic carbocycles. The maximum absolute atomic E-state index is 12.2. The maximum Gasteiger partial charge on any atom is 0.253 e. The lowest BCUT2D eigenvalue weighted by Crippen LogP contribution is -2.40. The summed E-state index contributed by atoms with van der Waals surface area (Å²) in [4.78, 5) is 18.1. The molecule has 0 saturated heterocycles. The molecule has 0 N–H and O–H groups in total. The summed E-state index contributed by atoms with van der Waals surface area (Å²) in [5.41, 5.74) is 1.75. The highest BCUT2D eigenvalue weighted by Gasteiger charge is 2.24. The summed E-state index contributed by atoms with van der Waals surface area (Å²) in [6.45, 7) is 5.82. The molecule has 0 aromatic carbocycles. The third-order valence-electron chi connectivity index (χ3n) is 2.98. The number of amides is 1. The fourth-order valence-electron chi connectivity index (χ4n) is 1.94. The van der Waals surface area contributed by atoms with Crippen LogP contribution >= 0.6 is 0 Å². The summed E-state index contributed by atoms with van der Waals surface area (Å²) in [7, 11) is 0. The zero-order valence-electron chi connectivity index (χ0n) is 11.5. The van der Waals surface area contributed by atoms with E-state index in [1.165, 1.54) is 0 Å². The van der Waals surface area contributed by atoms with Crippen LogP contribution in [0.2, 0.25) is 0 Å². The minimum absolute atomic E-state index is 0.0342. The molecule has 19 heavy (non-hydrogen) atoms. The Morgan fingerprint density at radius 2 is 2.42 bits per heavy atom. The van der Waals surface area contributed by atoms with E-state index >= 15 is 0 Å². The van der Waals surface area contributed by atoms with Crippen molar-refractivity contribution in [2.45, 2.75) is 26.7 Å². The van der Waals surface area contributed by atoms with E-state index < -0.39 is 0 Å². The SMILES string of the molecule is CCCCOCC(=O)N1CCOc2ncc(C)cc21. The van der Waals surface area contributed by atoms with Crippen molar-refractivity contribution in [2.24, 2.45) is 0 Å². The van der Waals surface area contributed by atoms with E-state index in [1.54, 1.807) is 11.1 Å². The highest BCUT2D eigenvalue weighted by Crippen LogP contribution is 2.29. The number of fused-ring (bicyclic) bond motifs is 1. The van der Waals surface area contributed by atoms with Crippen LogP contribution in [-0.2, 0) is 9.53 Å². The average Bonchev–Trinajstić information content (AvgIpc) is 2.42. The second-order valence-electron chi connectivity index (χ2n) is 4.64. The fourth-order valence-corrected chi connectivity index (χ4v) is 1.94. The van der Waals surface area contributed by atoms with Gasteiger partial charge in [0.15, 0.2) is 0 Å². The molecular formula is C14H20N2O3. The normalized spacial score (nSPS) is 13.9. The molecule has 0 fully saturated rings. The minimum Gasteiger partial charge on any atom is -0.474 e. The Balaban J connectivity index is 2.02. The predicted molar refractivity (Wildman–Crippen MR) is 72.5 cm³/mol. The summed E-state index contributed by atoms with van der Waals surface area (Å²) in [6, 6.07) is 1.92. The molecule has 5 heteroatoms. The number of hydrogen-bond donors (Lipinski definition) is 0. The van der Waals surface area contributed by atoms with Gasteiger partial charge in [-0.1, -0.05) is 13.3 Å². The minimum atomic E-state index is -0.0342. The van der Waals surface area contributed by atoms with Crippen molar-refractivity contribution in [3.05, 3.63) is 17.8 Å². The van der Waals surface area contributed by atoms with Crippen molar-refractivity contribution in [2.75, 3.05) is 31.3 Å². The van der Waals surface area contributed by atoms with Gasteiger partial charge in [-0.15, -0.1) is 0 Å². The van der Waals surface area contributed by atoms with E-state index in [0.717, 1.165) is 24.1 Å². The second-order valence-corrected chi connectivity index (χ2v) is 4.64. The summed E-state index contributed by atoms with van der Waals surface area (Å²) in [5.74, 6) is 0.492. The van der Waals surface area contributed by atoms with Crippen molar-refractivity contribution in [3.8, 4) is 5.88 Å². The summed E-state index contributed by atoms with van der Waals surface area (Å²) >= 11 is 0. The number of rotatable bonds is 5. The lowest BCUT2D eigenvalue weighted by Gasteiger charge is -2.28. The van der Waals surface area contributed by atoms with Gasteiger partial charge >= 0.3 is 0 Å². The van der Waals surface area contributed by atoms with Gasteiger partial charge in [-0.25, -0.2) is 4.98 Å². The number of pyridine rings is 1. The molecule has 2 rings (SSSR count). The number of carbonyl (C=O) groups excluding carboxylic acids is 1. The van der Waals surface area contributed by atoms with Crippen molar-refractivity contribution in [1.29, 1.82) is 0 Å². The van der Waals surface area contributed by atoms with E-state index in [-0.39, 0.29) is 12.5 Å². The Bertz CT molecular complexity index is 448. The molecule has 1 aliphatic rings. The summed E-state index contributed by atoms with van der Waals surface area (Å²) in [5, 5.41) is 0. The van der Waals surface area contributed by atoms with Crippen molar-refractivity contribution < 1.29 is 14.3 Å². The molecular weight excluding hydrogens is 244 g/mol. The molecule has 0 bridgehead atoms. The molecule has 1 amide bonds. The maximum atomic E-state index is 12.2. The Morgan fingerprint density at radius 3 is 3.21 bits per heavy atom. The number of carbonyl (C=O) groups is 1. The van der Waals surface area contributed by atoms with E-state index in [4.69, 9.17) is 9.47 Å². The third kappa shape index (κ3) is 3.44. The monoisotopic (exact) mass is 264 g/mol. The third-order valence-corrected chi connectivity index (χ3v) is 2.98. The van der Waals surface area contributed by atoms with Crippen LogP contribution in [0.5, 0.6) is 5.88 Å². The van der Waals surface area contributed by atoms with Crippen LogP contribution in [0.15, 0.2) is 12.3 Å². The number of ether oxygens (including phenoxy) is 2. The van der Waals surface area contributed by atoms with Gasteiger partial charge in [-0.3, -0.25) is 4.79 Å². The Hall–Kier alpha value is -1.62. The van der Waals surface area contributed by atoms with Gasteiger partial charge in [-0.2, -0.15) is 0 Å².